The van der Waals surface area contributed by atoms with E-state index in [1.54, 1.807) is 24.5 Å². The predicted molar refractivity (Wildman–Crippen MR) is 117 cm³/mol. The van der Waals surface area contributed by atoms with Crippen LogP contribution in [0.4, 0.5) is 13.2 Å². The number of hydroxylamine groups is 1. The van der Waals surface area contributed by atoms with Crippen molar-refractivity contribution in [2.45, 2.75) is 18.6 Å². The van der Waals surface area contributed by atoms with E-state index in [9.17, 15) is 18.0 Å². The van der Waals surface area contributed by atoms with Gasteiger partial charge in [0, 0.05) is 18.0 Å². The van der Waals surface area contributed by atoms with Gasteiger partial charge in [0.1, 0.15) is 12.4 Å². The number of aromatic nitrogens is 1. The van der Waals surface area contributed by atoms with Crippen LogP contribution in [0.5, 0.6) is 5.75 Å². The minimum Gasteiger partial charge on any atom is -0.496 e. The molecule has 3 aromatic rings. The van der Waals surface area contributed by atoms with E-state index >= 15 is 0 Å². The van der Waals surface area contributed by atoms with Crippen LogP contribution in [0.3, 0.4) is 0 Å². The summed E-state index contributed by atoms with van der Waals surface area (Å²) < 4.78 is 51.8. The Morgan fingerprint density at radius 2 is 1.88 bits per heavy atom. The standard InChI is InChI=1S/C24H20F3N3O4/c1-15-8-17(12-28-11-15)16-4-3-5-18(9-16)23(13-33-22(29-23)30-34-14-31)19-6-7-21(32-2)20(10-19)24(25,26)27/h3-12,14H,13H2,1-2H3,(H,29,30). The molecule has 1 aliphatic heterocycles. The van der Waals surface area contributed by atoms with Crippen LogP contribution < -0.4 is 10.2 Å². The summed E-state index contributed by atoms with van der Waals surface area (Å²) in [4.78, 5) is 23.8. The molecule has 1 aromatic heterocycles. The van der Waals surface area contributed by atoms with E-state index in [0.29, 0.717) is 5.56 Å². The van der Waals surface area contributed by atoms with Crippen LogP contribution in [0.1, 0.15) is 22.3 Å². The number of benzene rings is 2. The van der Waals surface area contributed by atoms with E-state index in [-0.39, 0.29) is 30.4 Å². The molecule has 0 saturated heterocycles. The first-order valence-corrected chi connectivity index (χ1v) is 10.1. The van der Waals surface area contributed by atoms with Gasteiger partial charge in [0.2, 0.25) is 0 Å². The Morgan fingerprint density at radius 3 is 2.59 bits per heavy atom. The molecule has 1 unspecified atom stereocenters. The quantitative estimate of drug-likeness (QED) is 0.424. The number of carbonyl (C=O) groups excluding carboxylic acids is 1. The fraction of sp³-hybridized carbons (Fsp3) is 0.208. The summed E-state index contributed by atoms with van der Waals surface area (Å²) in [7, 11) is 1.18. The smallest absolute Gasteiger partial charge is 0.419 e. The number of halogens is 3. The summed E-state index contributed by atoms with van der Waals surface area (Å²) in [6.45, 7) is 1.93. The maximum Gasteiger partial charge on any atom is 0.419 e. The average molecular weight is 471 g/mol. The van der Waals surface area contributed by atoms with Crippen LogP contribution in [-0.4, -0.2) is 31.2 Å². The summed E-state index contributed by atoms with van der Waals surface area (Å²) in [6, 6.07) is 12.8. The van der Waals surface area contributed by atoms with E-state index in [0.717, 1.165) is 22.8 Å². The Hall–Kier alpha value is -4.08. The molecule has 0 amide bonds. The second-order valence-electron chi connectivity index (χ2n) is 7.63. The molecule has 4 rings (SSSR count). The number of alkyl halides is 3. The highest BCUT2D eigenvalue weighted by atomic mass is 19.4. The summed E-state index contributed by atoms with van der Waals surface area (Å²) in [5, 5.41) is 0. The van der Waals surface area contributed by atoms with Gasteiger partial charge in [-0.2, -0.15) is 18.7 Å². The highest BCUT2D eigenvalue weighted by molar-refractivity contribution is 5.77. The molecule has 176 valence electrons. The van der Waals surface area contributed by atoms with E-state index in [1.807, 2.05) is 25.1 Å². The normalized spacial score (nSPS) is 17.5. The molecule has 0 fully saturated rings. The number of hydrogen-bond donors (Lipinski definition) is 1. The zero-order valence-corrected chi connectivity index (χ0v) is 18.2. The Morgan fingerprint density at radius 1 is 1.09 bits per heavy atom. The summed E-state index contributed by atoms with van der Waals surface area (Å²) in [5.41, 5.74) is 3.37. The van der Waals surface area contributed by atoms with E-state index in [4.69, 9.17) is 9.47 Å². The summed E-state index contributed by atoms with van der Waals surface area (Å²) >= 11 is 0. The molecule has 34 heavy (non-hydrogen) atoms. The number of amidine groups is 1. The molecule has 0 radical (unpaired) electrons. The van der Waals surface area contributed by atoms with Crippen molar-refractivity contribution in [2.24, 2.45) is 4.99 Å². The summed E-state index contributed by atoms with van der Waals surface area (Å²) in [6.07, 6.45) is -1.22. The van der Waals surface area contributed by atoms with Crippen molar-refractivity contribution < 1.29 is 32.3 Å². The molecule has 0 spiro atoms. The Balaban J connectivity index is 1.89. The predicted octanol–water partition coefficient (Wildman–Crippen LogP) is 4.39. The molecule has 7 nitrogen and oxygen atoms in total. The number of aryl methyl sites for hydroxylation is 1. The van der Waals surface area contributed by atoms with Crippen LogP contribution in [0, 0.1) is 6.92 Å². The molecule has 1 atom stereocenters. The Labute approximate surface area is 193 Å². The van der Waals surface area contributed by atoms with Crippen LogP contribution >= 0.6 is 0 Å². The van der Waals surface area contributed by atoms with Crippen molar-refractivity contribution in [1.29, 1.82) is 0 Å². The van der Waals surface area contributed by atoms with Gasteiger partial charge in [0.05, 0.1) is 12.7 Å². The lowest BCUT2D eigenvalue weighted by molar-refractivity contribution is -0.138. The third-order valence-corrected chi connectivity index (χ3v) is 5.44. The van der Waals surface area contributed by atoms with Gasteiger partial charge in [0.25, 0.3) is 0 Å². The number of methoxy groups -OCH3 is 1. The average Bonchev–Trinajstić information content (AvgIpc) is 3.27. The first-order chi connectivity index (χ1) is 16.3. The SMILES string of the molecule is COc1ccc(C2(c3cccc(-c4cncc(C)c4)c3)COC(NOC=O)=N2)cc1C(F)(F)F. The van der Waals surface area contributed by atoms with Crippen molar-refractivity contribution in [3.8, 4) is 16.9 Å². The van der Waals surface area contributed by atoms with Crippen molar-refractivity contribution in [2.75, 3.05) is 13.7 Å². The second-order valence-corrected chi connectivity index (χ2v) is 7.63. The topological polar surface area (TPSA) is 82.0 Å². The Bertz CT molecular complexity index is 1250. The number of rotatable bonds is 6. The van der Waals surface area contributed by atoms with Gasteiger partial charge in [-0.05, 0) is 53.4 Å². The lowest BCUT2D eigenvalue weighted by Crippen LogP contribution is -2.28. The fourth-order valence-corrected chi connectivity index (χ4v) is 3.86. The van der Waals surface area contributed by atoms with Crippen molar-refractivity contribution in [3.63, 3.8) is 0 Å². The molecule has 0 bridgehead atoms. The minimum absolute atomic E-state index is 0.128. The van der Waals surface area contributed by atoms with Crippen LogP contribution in [0.15, 0.2) is 65.9 Å². The molecular weight excluding hydrogens is 451 g/mol. The fourth-order valence-electron chi connectivity index (χ4n) is 3.86. The molecule has 1 N–H and O–H groups in total. The maximum absolute atomic E-state index is 13.8. The number of ether oxygens (including phenoxy) is 2. The monoisotopic (exact) mass is 471 g/mol. The second kappa shape index (κ2) is 9.05. The van der Waals surface area contributed by atoms with Gasteiger partial charge in [-0.3, -0.25) is 9.78 Å². The maximum atomic E-state index is 13.8. The molecule has 2 heterocycles. The third-order valence-electron chi connectivity index (χ3n) is 5.44. The largest absolute Gasteiger partial charge is 0.496 e. The van der Waals surface area contributed by atoms with Gasteiger partial charge in [-0.25, -0.2) is 4.99 Å². The molecule has 10 heteroatoms. The number of hydrogen-bond acceptors (Lipinski definition) is 7. The lowest BCUT2D eigenvalue weighted by atomic mass is 9.82. The first-order valence-electron chi connectivity index (χ1n) is 10.1. The molecule has 2 aromatic carbocycles. The number of nitrogens with one attached hydrogen (secondary N) is 1. The van der Waals surface area contributed by atoms with E-state index in [1.165, 1.54) is 19.2 Å². The minimum atomic E-state index is -4.65. The van der Waals surface area contributed by atoms with Crippen molar-refractivity contribution in [1.82, 2.24) is 10.5 Å². The van der Waals surface area contributed by atoms with E-state index in [2.05, 4.69) is 20.3 Å². The molecular formula is C24H20F3N3O4. The zero-order valence-electron chi connectivity index (χ0n) is 18.2. The molecule has 0 aliphatic carbocycles. The van der Waals surface area contributed by atoms with Gasteiger partial charge >= 0.3 is 18.7 Å². The van der Waals surface area contributed by atoms with Gasteiger partial charge in [-0.15, -0.1) is 0 Å². The number of aliphatic imine (C=N–C) groups is 1. The van der Waals surface area contributed by atoms with Crippen molar-refractivity contribution >= 4 is 12.5 Å². The van der Waals surface area contributed by atoms with Crippen LogP contribution in [0.25, 0.3) is 11.1 Å². The highest BCUT2D eigenvalue weighted by Gasteiger charge is 2.43. The Kier molecular flexibility index (Phi) is 6.14. The number of pyridine rings is 1. The van der Waals surface area contributed by atoms with Crippen LogP contribution in [-0.2, 0) is 26.1 Å². The molecule has 0 saturated carbocycles. The van der Waals surface area contributed by atoms with Gasteiger partial charge in [-0.1, -0.05) is 24.3 Å². The van der Waals surface area contributed by atoms with Crippen molar-refractivity contribution in [3.05, 3.63) is 83.2 Å². The first kappa shape index (κ1) is 23.1. The van der Waals surface area contributed by atoms with Crippen LogP contribution in [0.2, 0.25) is 0 Å². The lowest BCUT2D eigenvalue weighted by Gasteiger charge is -2.27. The zero-order chi connectivity index (χ0) is 24.3. The van der Waals surface area contributed by atoms with Gasteiger partial charge in [0.15, 0.2) is 5.54 Å². The number of nitrogens with zero attached hydrogens (tertiary/aromatic N) is 2. The highest BCUT2D eigenvalue weighted by Crippen LogP contribution is 2.43. The van der Waals surface area contributed by atoms with Gasteiger partial charge < -0.3 is 14.3 Å². The molecule has 1 aliphatic rings. The third kappa shape index (κ3) is 4.39. The number of carbonyl (C=O) groups is 1. The summed E-state index contributed by atoms with van der Waals surface area (Å²) in [5.74, 6) is -0.309. The van der Waals surface area contributed by atoms with E-state index < -0.39 is 17.3 Å².